The Morgan fingerprint density at radius 1 is 1.50 bits per heavy atom. The number of rotatable bonds is 3. The zero-order valence-electron chi connectivity index (χ0n) is 9.69. The molecule has 4 nitrogen and oxygen atoms in total. The van der Waals surface area contributed by atoms with Crippen molar-refractivity contribution in [1.29, 1.82) is 0 Å². The number of phenolic OH excluding ortho intramolecular Hbond substituents is 1. The summed E-state index contributed by atoms with van der Waals surface area (Å²) >= 11 is 0. The summed E-state index contributed by atoms with van der Waals surface area (Å²) in [6.07, 6.45) is 1.43. The molecule has 0 unspecified atom stereocenters. The largest absolute Gasteiger partial charge is 0.507 e. The number of aromatic hydroxyl groups is 1. The van der Waals surface area contributed by atoms with Gasteiger partial charge < -0.3 is 5.11 Å². The zero-order valence-corrected chi connectivity index (χ0v) is 9.69. The highest BCUT2D eigenvalue weighted by atomic mass is 16.3. The molecule has 1 amide bonds. The van der Waals surface area contributed by atoms with Crippen LogP contribution in [0.15, 0.2) is 23.3 Å². The number of hydrogen-bond acceptors (Lipinski definition) is 3. The second kappa shape index (κ2) is 5.30. The number of carbonyl (C=O) groups is 1. The number of hydrogen-bond donors (Lipinski definition) is 2. The predicted molar refractivity (Wildman–Crippen MR) is 63.4 cm³/mol. The van der Waals surface area contributed by atoms with Gasteiger partial charge in [-0.05, 0) is 19.1 Å². The van der Waals surface area contributed by atoms with E-state index in [0.717, 1.165) is 5.56 Å². The number of nitrogens with one attached hydrogen (secondary N) is 1. The van der Waals surface area contributed by atoms with Crippen LogP contribution in [0.4, 0.5) is 0 Å². The minimum absolute atomic E-state index is 0.108. The Morgan fingerprint density at radius 3 is 2.81 bits per heavy atom. The van der Waals surface area contributed by atoms with E-state index >= 15 is 0 Å². The van der Waals surface area contributed by atoms with Gasteiger partial charge in [0.05, 0.1) is 6.21 Å². The van der Waals surface area contributed by atoms with Crippen LogP contribution in [-0.4, -0.2) is 17.2 Å². The van der Waals surface area contributed by atoms with Gasteiger partial charge in [-0.15, -0.1) is 0 Å². The van der Waals surface area contributed by atoms with Crippen LogP contribution in [0.3, 0.4) is 0 Å². The van der Waals surface area contributed by atoms with Gasteiger partial charge in [-0.3, -0.25) is 4.79 Å². The monoisotopic (exact) mass is 220 g/mol. The van der Waals surface area contributed by atoms with Gasteiger partial charge in [-0.25, -0.2) is 5.43 Å². The van der Waals surface area contributed by atoms with E-state index in [1.807, 2.05) is 6.92 Å². The number of amides is 1. The molecule has 4 heteroatoms. The molecular weight excluding hydrogens is 204 g/mol. The molecule has 0 radical (unpaired) electrons. The van der Waals surface area contributed by atoms with Gasteiger partial charge in [-0.1, -0.05) is 25.5 Å². The Hall–Kier alpha value is -1.84. The third-order valence-corrected chi connectivity index (χ3v) is 2.09. The smallest absolute Gasteiger partial charge is 0.242 e. The molecule has 1 rings (SSSR count). The average Bonchev–Trinajstić information content (AvgIpc) is 2.22. The van der Waals surface area contributed by atoms with Crippen molar-refractivity contribution in [3.05, 3.63) is 29.3 Å². The number of nitrogens with zero attached hydrogens (tertiary/aromatic N) is 1. The lowest BCUT2D eigenvalue weighted by Gasteiger charge is -2.02. The van der Waals surface area contributed by atoms with E-state index in [4.69, 9.17) is 0 Å². The van der Waals surface area contributed by atoms with Crippen molar-refractivity contribution in [3.8, 4) is 5.75 Å². The van der Waals surface area contributed by atoms with E-state index in [-0.39, 0.29) is 17.6 Å². The summed E-state index contributed by atoms with van der Waals surface area (Å²) in [6.45, 7) is 5.49. The van der Waals surface area contributed by atoms with Crippen molar-refractivity contribution >= 4 is 12.1 Å². The van der Waals surface area contributed by atoms with Crippen LogP contribution in [0, 0.1) is 12.8 Å². The van der Waals surface area contributed by atoms with Crippen molar-refractivity contribution in [2.45, 2.75) is 20.8 Å². The molecule has 0 heterocycles. The molecule has 0 bridgehead atoms. The standard InChI is InChI=1S/C12H16N2O2/c1-8(2)12(16)14-13-7-10-6-9(3)4-5-11(10)15/h4-8,15H,1-3H3,(H,14,16)/b13-7+. The lowest BCUT2D eigenvalue weighted by atomic mass is 10.1. The maximum absolute atomic E-state index is 11.2. The van der Waals surface area contributed by atoms with Gasteiger partial charge >= 0.3 is 0 Å². The highest BCUT2D eigenvalue weighted by Gasteiger charge is 2.04. The number of aryl methyl sites for hydroxylation is 1. The number of carbonyl (C=O) groups excluding carboxylic acids is 1. The first-order valence-electron chi connectivity index (χ1n) is 5.13. The van der Waals surface area contributed by atoms with Gasteiger partial charge in [0.15, 0.2) is 0 Å². The van der Waals surface area contributed by atoms with E-state index in [9.17, 15) is 9.90 Å². The van der Waals surface area contributed by atoms with E-state index in [1.54, 1.807) is 32.0 Å². The van der Waals surface area contributed by atoms with Gasteiger partial charge in [0.2, 0.25) is 5.91 Å². The molecule has 16 heavy (non-hydrogen) atoms. The molecular formula is C12H16N2O2. The summed E-state index contributed by atoms with van der Waals surface area (Å²) in [5, 5.41) is 13.3. The second-order valence-corrected chi connectivity index (χ2v) is 3.95. The first kappa shape index (κ1) is 12.2. The second-order valence-electron chi connectivity index (χ2n) is 3.95. The Kier molecular flexibility index (Phi) is 4.05. The summed E-state index contributed by atoms with van der Waals surface area (Å²) in [5.41, 5.74) is 4.01. The molecule has 2 N–H and O–H groups in total. The van der Waals surface area contributed by atoms with E-state index in [2.05, 4.69) is 10.5 Å². The molecule has 86 valence electrons. The summed E-state index contributed by atoms with van der Waals surface area (Å²) in [5.74, 6) is -0.111. The average molecular weight is 220 g/mol. The third-order valence-electron chi connectivity index (χ3n) is 2.09. The van der Waals surface area contributed by atoms with Crippen LogP contribution in [0.5, 0.6) is 5.75 Å². The topological polar surface area (TPSA) is 61.7 Å². The lowest BCUT2D eigenvalue weighted by molar-refractivity contribution is -0.123. The summed E-state index contributed by atoms with van der Waals surface area (Å²) in [6, 6.07) is 5.20. The number of hydrazone groups is 1. The molecule has 1 aromatic carbocycles. The van der Waals surface area contributed by atoms with E-state index < -0.39 is 0 Å². The van der Waals surface area contributed by atoms with Crippen LogP contribution < -0.4 is 5.43 Å². The Morgan fingerprint density at radius 2 is 2.19 bits per heavy atom. The molecule has 0 aliphatic heterocycles. The summed E-state index contributed by atoms with van der Waals surface area (Å²) < 4.78 is 0. The van der Waals surface area contributed by atoms with Crippen LogP contribution in [0.25, 0.3) is 0 Å². The molecule has 0 fully saturated rings. The minimum Gasteiger partial charge on any atom is -0.507 e. The normalized spacial score (nSPS) is 11.0. The predicted octanol–water partition coefficient (Wildman–Crippen LogP) is 1.81. The van der Waals surface area contributed by atoms with Crippen molar-refractivity contribution in [2.24, 2.45) is 11.0 Å². The van der Waals surface area contributed by atoms with Crippen molar-refractivity contribution < 1.29 is 9.90 Å². The van der Waals surface area contributed by atoms with Crippen molar-refractivity contribution in [3.63, 3.8) is 0 Å². The number of benzene rings is 1. The molecule has 0 saturated heterocycles. The maximum Gasteiger partial charge on any atom is 0.242 e. The van der Waals surface area contributed by atoms with Gasteiger partial charge in [0.1, 0.15) is 5.75 Å². The van der Waals surface area contributed by atoms with Crippen molar-refractivity contribution in [1.82, 2.24) is 5.43 Å². The molecule has 0 saturated carbocycles. The fraction of sp³-hybridized carbons (Fsp3) is 0.333. The first-order valence-corrected chi connectivity index (χ1v) is 5.13. The van der Waals surface area contributed by atoms with Gasteiger partial charge in [0.25, 0.3) is 0 Å². The summed E-state index contributed by atoms with van der Waals surface area (Å²) in [7, 11) is 0. The van der Waals surface area contributed by atoms with Gasteiger partial charge in [-0.2, -0.15) is 5.10 Å². The Bertz CT molecular complexity index is 411. The molecule has 0 spiro atoms. The van der Waals surface area contributed by atoms with Crippen LogP contribution >= 0.6 is 0 Å². The number of phenols is 1. The first-order chi connectivity index (χ1) is 7.50. The van der Waals surface area contributed by atoms with E-state index in [0.29, 0.717) is 5.56 Å². The molecule has 0 aliphatic rings. The Labute approximate surface area is 95.0 Å². The fourth-order valence-electron chi connectivity index (χ4n) is 1.07. The lowest BCUT2D eigenvalue weighted by Crippen LogP contribution is -2.22. The molecule has 1 aromatic rings. The molecule has 0 atom stereocenters. The maximum atomic E-state index is 11.2. The van der Waals surface area contributed by atoms with Crippen LogP contribution in [0.2, 0.25) is 0 Å². The third kappa shape index (κ3) is 3.38. The van der Waals surface area contributed by atoms with Crippen molar-refractivity contribution in [2.75, 3.05) is 0 Å². The van der Waals surface area contributed by atoms with Crippen LogP contribution in [0.1, 0.15) is 25.0 Å². The van der Waals surface area contributed by atoms with Crippen LogP contribution in [-0.2, 0) is 4.79 Å². The molecule has 0 aliphatic carbocycles. The molecule has 0 aromatic heterocycles. The SMILES string of the molecule is Cc1ccc(O)c(/C=N/NC(=O)C(C)C)c1. The quantitative estimate of drug-likeness (QED) is 0.602. The summed E-state index contributed by atoms with van der Waals surface area (Å²) in [4.78, 5) is 11.2. The van der Waals surface area contributed by atoms with Gasteiger partial charge in [0, 0.05) is 11.5 Å². The highest BCUT2D eigenvalue weighted by molar-refractivity contribution is 5.85. The zero-order chi connectivity index (χ0) is 12.1. The minimum atomic E-state index is -0.150. The fourth-order valence-corrected chi connectivity index (χ4v) is 1.07. The van der Waals surface area contributed by atoms with E-state index in [1.165, 1.54) is 6.21 Å². The highest BCUT2D eigenvalue weighted by Crippen LogP contribution is 2.15. The Balaban J connectivity index is 2.69.